The summed E-state index contributed by atoms with van der Waals surface area (Å²) < 4.78 is 6.40. The van der Waals surface area contributed by atoms with E-state index >= 15 is 0 Å². The first-order chi connectivity index (χ1) is 16.1. The summed E-state index contributed by atoms with van der Waals surface area (Å²) in [6, 6.07) is 26.6. The number of nitrogens with two attached hydrogens (primary N) is 1. The van der Waals surface area contributed by atoms with Crippen LogP contribution < -0.4 is 11.1 Å². The Labute approximate surface area is 197 Å². The summed E-state index contributed by atoms with van der Waals surface area (Å²) in [7, 11) is 0. The summed E-state index contributed by atoms with van der Waals surface area (Å²) in [6.07, 6.45) is 2.08. The third-order valence-electron chi connectivity index (χ3n) is 7.07. The lowest BCUT2D eigenvalue weighted by atomic mass is 9.66. The second kappa shape index (κ2) is 7.82. The number of hydrogen-bond acceptors (Lipinski definition) is 3. The molecule has 5 heteroatoms. The predicted octanol–water partition coefficient (Wildman–Crippen LogP) is 6.75. The van der Waals surface area contributed by atoms with Crippen LogP contribution in [0.1, 0.15) is 46.4 Å². The maximum atomic E-state index is 7.94. The number of aryl methyl sites for hydroxylation is 1. The Morgan fingerprint density at radius 3 is 2.64 bits per heavy atom. The Morgan fingerprint density at radius 1 is 0.970 bits per heavy atom. The molecular weight excluding hydrogens is 430 g/mol. The molecule has 0 radical (unpaired) electrons. The van der Waals surface area contributed by atoms with Crippen LogP contribution in [0.15, 0.2) is 83.3 Å². The van der Waals surface area contributed by atoms with Gasteiger partial charge >= 0.3 is 0 Å². The Bertz CT molecular complexity index is 1380. The fourth-order valence-corrected chi connectivity index (χ4v) is 5.77. The molecule has 0 bridgehead atoms. The first-order valence-corrected chi connectivity index (χ1v) is 11.7. The Balaban J connectivity index is 1.47. The van der Waals surface area contributed by atoms with Crippen molar-refractivity contribution in [1.82, 2.24) is 0 Å². The number of rotatable bonds is 3. The molecule has 4 aromatic rings. The maximum Gasteiger partial charge on any atom is 0.135 e. The summed E-state index contributed by atoms with van der Waals surface area (Å²) in [5.41, 5.74) is 12.5. The average Bonchev–Trinajstić information content (AvgIpc) is 3.33. The third-order valence-corrected chi connectivity index (χ3v) is 7.40. The van der Waals surface area contributed by atoms with Gasteiger partial charge in [0.05, 0.1) is 11.1 Å². The smallest absolute Gasteiger partial charge is 0.135 e. The highest BCUT2D eigenvalue weighted by atomic mass is 35.5. The van der Waals surface area contributed by atoms with Gasteiger partial charge in [-0.05, 0) is 77.9 Å². The van der Waals surface area contributed by atoms with Crippen LogP contribution in [-0.2, 0) is 6.42 Å². The molecule has 0 saturated heterocycles. The van der Waals surface area contributed by atoms with Crippen molar-refractivity contribution in [3.63, 3.8) is 0 Å². The molecule has 6 rings (SSSR count). The number of furan rings is 1. The van der Waals surface area contributed by atoms with Gasteiger partial charge in [-0.15, -0.1) is 0 Å². The highest BCUT2D eigenvalue weighted by Crippen LogP contribution is 2.53. The summed E-state index contributed by atoms with van der Waals surface area (Å²) in [6.45, 7) is 0. The minimum atomic E-state index is 0.0373. The van der Waals surface area contributed by atoms with Gasteiger partial charge in [0.25, 0.3) is 0 Å². The first-order valence-electron chi connectivity index (χ1n) is 11.3. The van der Waals surface area contributed by atoms with Crippen LogP contribution in [0, 0.1) is 11.3 Å². The van der Waals surface area contributed by atoms with E-state index in [-0.39, 0.29) is 17.8 Å². The van der Waals surface area contributed by atoms with Crippen molar-refractivity contribution in [3.8, 4) is 11.3 Å². The summed E-state index contributed by atoms with van der Waals surface area (Å²) in [5.74, 6) is 2.32. The van der Waals surface area contributed by atoms with Crippen molar-refractivity contribution in [2.45, 2.75) is 24.8 Å². The molecule has 0 amide bonds. The summed E-state index contributed by atoms with van der Waals surface area (Å²) >= 11 is 6.42. The van der Waals surface area contributed by atoms with Gasteiger partial charge in [0.2, 0.25) is 0 Å². The van der Waals surface area contributed by atoms with Crippen LogP contribution in [0.4, 0.5) is 5.69 Å². The largest absolute Gasteiger partial charge is 0.459 e. The molecule has 164 valence electrons. The van der Waals surface area contributed by atoms with Crippen molar-refractivity contribution >= 4 is 23.1 Å². The third kappa shape index (κ3) is 3.33. The molecule has 2 heterocycles. The number of hydrogen-bond donors (Lipinski definition) is 3. The van der Waals surface area contributed by atoms with Crippen molar-refractivity contribution in [2.24, 2.45) is 11.7 Å². The van der Waals surface area contributed by atoms with Crippen LogP contribution >= 0.6 is 11.6 Å². The van der Waals surface area contributed by atoms with Gasteiger partial charge in [0, 0.05) is 22.7 Å². The summed E-state index contributed by atoms with van der Waals surface area (Å²) in [5, 5.41) is 12.4. The fraction of sp³-hybridized carbons (Fsp3) is 0.179. The normalized spacial score (nSPS) is 20.8. The van der Waals surface area contributed by atoms with Crippen LogP contribution in [-0.4, -0.2) is 5.84 Å². The number of anilines is 1. The number of nitrogen functional groups attached to an aromatic ring is 1. The highest BCUT2D eigenvalue weighted by molar-refractivity contribution is 6.33. The van der Waals surface area contributed by atoms with E-state index in [1.807, 2.05) is 42.5 Å². The van der Waals surface area contributed by atoms with E-state index in [0.717, 1.165) is 41.2 Å². The zero-order valence-corrected chi connectivity index (χ0v) is 18.8. The quantitative estimate of drug-likeness (QED) is 0.237. The van der Waals surface area contributed by atoms with E-state index in [1.54, 1.807) is 0 Å². The zero-order valence-electron chi connectivity index (χ0n) is 18.0. The van der Waals surface area contributed by atoms with Gasteiger partial charge in [-0.2, -0.15) is 0 Å². The molecule has 0 saturated carbocycles. The fourth-order valence-electron chi connectivity index (χ4n) is 5.54. The van der Waals surface area contributed by atoms with E-state index in [4.69, 9.17) is 27.2 Å². The molecule has 4 N–H and O–H groups in total. The van der Waals surface area contributed by atoms with Crippen LogP contribution in [0.5, 0.6) is 0 Å². The monoisotopic (exact) mass is 453 g/mol. The van der Waals surface area contributed by atoms with E-state index in [1.165, 1.54) is 16.7 Å². The van der Waals surface area contributed by atoms with Crippen molar-refractivity contribution in [2.75, 3.05) is 5.32 Å². The van der Waals surface area contributed by atoms with E-state index in [0.29, 0.717) is 10.9 Å². The maximum absolute atomic E-state index is 7.94. The molecule has 0 fully saturated rings. The highest BCUT2D eigenvalue weighted by Gasteiger charge is 2.42. The minimum absolute atomic E-state index is 0.0373. The topological polar surface area (TPSA) is 75.0 Å². The SMILES string of the molecule is N=C(N)c1ccc2c(c1)C1c3ccccc3CCC1C(c1ccc(-c3ccccc3Cl)o1)N2. The number of benzene rings is 3. The lowest BCUT2D eigenvalue weighted by Crippen LogP contribution is -2.35. The lowest BCUT2D eigenvalue weighted by molar-refractivity contribution is 0.314. The van der Waals surface area contributed by atoms with Crippen molar-refractivity contribution < 1.29 is 4.42 Å². The van der Waals surface area contributed by atoms with E-state index < -0.39 is 0 Å². The molecule has 3 aromatic carbocycles. The van der Waals surface area contributed by atoms with Gasteiger partial charge < -0.3 is 15.5 Å². The summed E-state index contributed by atoms with van der Waals surface area (Å²) in [4.78, 5) is 0. The molecule has 2 aliphatic rings. The predicted molar refractivity (Wildman–Crippen MR) is 133 cm³/mol. The van der Waals surface area contributed by atoms with E-state index in [2.05, 4.69) is 41.7 Å². The molecule has 3 atom stereocenters. The van der Waals surface area contributed by atoms with Gasteiger partial charge in [-0.25, -0.2) is 0 Å². The molecule has 1 aromatic heterocycles. The number of fused-ring (bicyclic) bond motifs is 5. The lowest BCUT2D eigenvalue weighted by Gasteiger charge is -2.43. The Morgan fingerprint density at radius 2 is 1.79 bits per heavy atom. The number of amidine groups is 1. The molecule has 33 heavy (non-hydrogen) atoms. The molecule has 0 spiro atoms. The minimum Gasteiger partial charge on any atom is -0.459 e. The van der Waals surface area contributed by atoms with Crippen LogP contribution in [0.3, 0.4) is 0 Å². The first kappa shape index (κ1) is 20.1. The average molecular weight is 454 g/mol. The number of nitrogens with one attached hydrogen (secondary N) is 2. The molecule has 1 aliphatic carbocycles. The van der Waals surface area contributed by atoms with Gasteiger partial charge in [0.15, 0.2) is 0 Å². The van der Waals surface area contributed by atoms with Crippen LogP contribution in [0.25, 0.3) is 11.3 Å². The Kier molecular flexibility index (Phi) is 4.77. The molecular formula is C28H24ClN3O. The van der Waals surface area contributed by atoms with Gasteiger partial charge in [0.1, 0.15) is 17.4 Å². The standard InChI is InChI=1S/C28H24ClN3O/c29-22-8-4-3-7-19(22)24-13-14-25(33-24)27-20-11-9-16-5-1-2-6-18(16)26(20)21-15-17(28(30)31)10-12-23(21)32-27/h1-8,10,12-15,20,26-27,32H,9,11H2,(H3,30,31). The second-order valence-corrected chi connectivity index (χ2v) is 9.31. The zero-order chi connectivity index (χ0) is 22.5. The molecule has 1 aliphatic heterocycles. The van der Waals surface area contributed by atoms with Crippen molar-refractivity contribution in [1.29, 1.82) is 5.41 Å². The van der Waals surface area contributed by atoms with Crippen LogP contribution in [0.2, 0.25) is 5.02 Å². The second-order valence-electron chi connectivity index (χ2n) is 8.90. The number of halogens is 1. The Hall–Kier alpha value is -3.50. The van der Waals surface area contributed by atoms with Gasteiger partial charge in [-0.1, -0.05) is 48.0 Å². The van der Waals surface area contributed by atoms with Crippen molar-refractivity contribution in [3.05, 3.63) is 112 Å². The van der Waals surface area contributed by atoms with E-state index in [9.17, 15) is 0 Å². The molecule has 4 nitrogen and oxygen atoms in total. The molecule has 3 unspecified atom stereocenters. The van der Waals surface area contributed by atoms with Gasteiger partial charge in [-0.3, -0.25) is 5.41 Å².